The minimum absolute atomic E-state index is 0.646. The van der Waals surface area contributed by atoms with Gasteiger partial charge in [-0.15, -0.1) is 0 Å². The molecule has 5 heteroatoms. The van der Waals surface area contributed by atoms with Crippen LogP contribution < -0.4 is 9.47 Å². The Labute approximate surface area is 266 Å². The Morgan fingerprint density at radius 3 is 1.67 bits per heavy atom. The van der Waals surface area contributed by atoms with Crippen molar-refractivity contribution in [1.29, 1.82) is 5.26 Å². The second kappa shape index (κ2) is 10.8. The van der Waals surface area contributed by atoms with E-state index in [0.29, 0.717) is 5.56 Å². The highest BCUT2D eigenvalue weighted by Crippen LogP contribution is 2.47. The second-order valence-electron chi connectivity index (χ2n) is 11.5. The minimum Gasteiger partial charge on any atom is -0.497 e. The van der Waals surface area contributed by atoms with E-state index in [2.05, 4.69) is 84.4 Å². The number of rotatable bonds is 6. The average Bonchev–Trinajstić information content (AvgIpc) is 3.51. The van der Waals surface area contributed by atoms with Gasteiger partial charge in [-0.05, 0) is 91.1 Å². The first kappa shape index (κ1) is 27.4. The Morgan fingerprint density at radius 2 is 1.11 bits per heavy atom. The molecule has 0 fully saturated rings. The molecule has 1 aromatic heterocycles. The van der Waals surface area contributed by atoms with Crippen LogP contribution in [0.3, 0.4) is 0 Å². The lowest BCUT2D eigenvalue weighted by atomic mass is 9.84. The minimum atomic E-state index is 0.646. The molecule has 1 heterocycles. The van der Waals surface area contributed by atoms with Crippen LogP contribution in [-0.4, -0.2) is 23.8 Å². The molecule has 8 rings (SSSR count). The number of nitrogens with zero attached hydrogens (tertiary/aromatic N) is 3. The number of methoxy groups -OCH3 is 2. The van der Waals surface area contributed by atoms with Crippen LogP contribution in [0.15, 0.2) is 121 Å². The fraction of sp³-hybridized carbons (Fsp3) is 0.0732. The zero-order valence-electron chi connectivity index (χ0n) is 25.7. The van der Waals surface area contributed by atoms with Gasteiger partial charge in [0, 0.05) is 18.0 Å². The van der Waals surface area contributed by atoms with Gasteiger partial charge in [-0.25, -0.2) is 4.98 Å². The van der Waals surface area contributed by atoms with Crippen LogP contribution in [0.4, 0.5) is 0 Å². The lowest BCUT2D eigenvalue weighted by molar-refractivity contribution is 0.415. The summed E-state index contributed by atoms with van der Waals surface area (Å²) in [6.45, 7) is 0. The predicted molar refractivity (Wildman–Crippen MR) is 186 cm³/mol. The molecule has 0 aliphatic heterocycles. The van der Waals surface area contributed by atoms with Gasteiger partial charge in [0.15, 0.2) is 0 Å². The summed E-state index contributed by atoms with van der Waals surface area (Å²) in [7, 11) is 5.43. The van der Waals surface area contributed by atoms with E-state index in [1.165, 1.54) is 0 Å². The SMILES string of the molecule is COc1ccc(-c2cc(C#N)c3ccc4c(-c5ccc(OC)cc5)cc(-c5ncc(-c6ccccc6)n5C)c5ccc2c3c45)cc1. The molecule has 0 amide bonds. The van der Waals surface area contributed by atoms with Crippen LogP contribution in [0.2, 0.25) is 0 Å². The number of hydrogen-bond donors (Lipinski definition) is 0. The van der Waals surface area contributed by atoms with Crippen LogP contribution in [0, 0.1) is 11.3 Å². The molecule has 8 aromatic rings. The van der Waals surface area contributed by atoms with E-state index in [0.717, 1.165) is 88.7 Å². The molecular formula is C41H29N3O2. The van der Waals surface area contributed by atoms with Crippen molar-refractivity contribution in [3.8, 4) is 62.5 Å². The van der Waals surface area contributed by atoms with Gasteiger partial charge >= 0.3 is 0 Å². The molecule has 0 aliphatic carbocycles. The van der Waals surface area contributed by atoms with Crippen molar-refractivity contribution in [2.75, 3.05) is 14.2 Å². The van der Waals surface area contributed by atoms with Crippen molar-refractivity contribution >= 4 is 32.3 Å². The molecule has 0 N–H and O–H groups in total. The zero-order chi connectivity index (χ0) is 31.4. The van der Waals surface area contributed by atoms with Gasteiger partial charge in [-0.2, -0.15) is 5.26 Å². The highest BCUT2D eigenvalue weighted by atomic mass is 16.5. The number of nitriles is 1. The number of hydrogen-bond acceptors (Lipinski definition) is 4. The lowest BCUT2D eigenvalue weighted by Gasteiger charge is -2.20. The summed E-state index contributed by atoms with van der Waals surface area (Å²) in [5.74, 6) is 2.48. The maximum Gasteiger partial charge on any atom is 0.140 e. The summed E-state index contributed by atoms with van der Waals surface area (Å²) in [6, 6.07) is 42.0. The highest BCUT2D eigenvalue weighted by Gasteiger charge is 2.22. The van der Waals surface area contributed by atoms with Crippen molar-refractivity contribution in [3.05, 3.63) is 127 Å². The third-order valence-electron chi connectivity index (χ3n) is 9.12. The summed E-state index contributed by atoms with van der Waals surface area (Å²) in [6.07, 6.45) is 1.95. The van der Waals surface area contributed by atoms with Gasteiger partial charge in [0.25, 0.3) is 0 Å². The molecule has 0 saturated heterocycles. The second-order valence-corrected chi connectivity index (χ2v) is 11.5. The van der Waals surface area contributed by atoms with Crippen molar-refractivity contribution in [2.24, 2.45) is 7.05 Å². The Balaban J connectivity index is 1.49. The Hall–Kier alpha value is -6.12. The van der Waals surface area contributed by atoms with Gasteiger partial charge in [0.2, 0.25) is 0 Å². The van der Waals surface area contributed by atoms with Crippen LogP contribution in [0.5, 0.6) is 11.5 Å². The molecule has 46 heavy (non-hydrogen) atoms. The van der Waals surface area contributed by atoms with E-state index < -0.39 is 0 Å². The summed E-state index contributed by atoms with van der Waals surface area (Å²) in [5.41, 5.74) is 8.05. The van der Waals surface area contributed by atoms with Crippen LogP contribution in [0.25, 0.3) is 77.2 Å². The van der Waals surface area contributed by atoms with Gasteiger partial charge < -0.3 is 14.0 Å². The quantitative estimate of drug-likeness (QED) is 0.180. The lowest BCUT2D eigenvalue weighted by Crippen LogP contribution is -1.98. The van der Waals surface area contributed by atoms with E-state index in [1.807, 2.05) is 54.7 Å². The van der Waals surface area contributed by atoms with Crippen molar-refractivity contribution in [3.63, 3.8) is 0 Å². The number of imidazole rings is 1. The van der Waals surface area contributed by atoms with Crippen LogP contribution in [0.1, 0.15) is 5.56 Å². The molecule has 0 unspecified atom stereocenters. The third kappa shape index (κ3) is 4.19. The maximum atomic E-state index is 10.4. The Morgan fingerprint density at radius 1 is 0.587 bits per heavy atom. The Kier molecular flexibility index (Phi) is 6.44. The topological polar surface area (TPSA) is 60.1 Å². The van der Waals surface area contributed by atoms with Gasteiger partial charge in [0.1, 0.15) is 17.3 Å². The number of aromatic nitrogens is 2. The maximum absolute atomic E-state index is 10.4. The Bertz CT molecular complexity index is 2440. The van der Waals surface area contributed by atoms with Gasteiger partial charge in [0.05, 0.1) is 37.7 Å². The molecule has 0 radical (unpaired) electrons. The van der Waals surface area contributed by atoms with E-state index in [4.69, 9.17) is 14.5 Å². The number of ether oxygens (including phenoxy) is 2. The molecule has 220 valence electrons. The fourth-order valence-corrected chi connectivity index (χ4v) is 6.83. The van der Waals surface area contributed by atoms with Crippen molar-refractivity contribution in [1.82, 2.24) is 9.55 Å². The van der Waals surface area contributed by atoms with E-state index in [-0.39, 0.29) is 0 Å². The van der Waals surface area contributed by atoms with Crippen molar-refractivity contribution < 1.29 is 9.47 Å². The first-order valence-electron chi connectivity index (χ1n) is 15.1. The van der Waals surface area contributed by atoms with Crippen LogP contribution in [-0.2, 0) is 7.05 Å². The molecule has 0 spiro atoms. The molecule has 0 saturated carbocycles. The predicted octanol–water partition coefficient (Wildman–Crippen LogP) is 9.87. The summed E-state index contributed by atoms with van der Waals surface area (Å²) >= 11 is 0. The summed E-state index contributed by atoms with van der Waals surface area (Å²) in [5, 5.41) is 16.8. The molecule has 0 bridgehead atoms. The van der Waals surface area contributed by atoms with Gasteiger partial charge in [-0.3, -0.25) is 0 Å². The molecule has 0 aliphatic rings. The molecule has 7 aromatic carbocycles. The number of benzene rings is 7. The van der Waals surface area contributed by atoms with E-state index in [1.54, 1.807) is 14.2 Å². The normalized spacial score (nSPS) is 11.3. The fourth-order valence-electron chi connectivity index (χ4n) is 6.83. The summed E-state index contributed by atoms with van der Waals surface area (Å²) in [4.78, 5) is 5.00. The van der Waals surface area contributed by atoms with Crippen molar-refractivity contribution in [2.45, 2.75) is 0 Å². The largest absolute Gasteiger partial charge is 0.497 e. The summed E-state index contributed by atoms with van der Waals surface area (Å²) < 4.78 is 13.1. The average molecular weight is 596 g/mol. The zero-order valence-corrected chi connectivity index (χ0v) is 25.7. The van der Waals surface area contributed by atoms with E-state index >= 15 is 0 Å². The first-order valence-corrected chi connectivity index (χ1v) is 15.1. The molecular weight excluding hydrogens is 566 g/mol. The first-order chi connectivity index (χ1) is 22.6. The highest BCUT2D eigenvalue weighted by molar-refractivity contribution is 6.30. The smallest absolute Gasteiger partial charge is 0.140 e. The molecule has 5 nitrogen and oxygen atoms in total. The monoisotopic (exact) mass is 595 g/mol. The van der Waals surface area contributed by atoms with Crippen LogP contribution >= 0.6 is 0 Å². The third-order valence-corrected chi connectivity index (χ3v) is 9.12. The standard InChI is InChI=1S/C41H29N3O2/c1-44-38(27-7-5-4-6-8-27)24-43-41(44)37-22-36(26-11-15-30(46-3)16-12-26)33-18-17-31-28(23-42)21-35(25-9-13-29(45-2)14-10-25)32-19-20-34(37)40(33)39(31)32/h4-22,24H,1-3H3. The van der Waals surface area contributed by atoms with E-state index in [9.17, 15) is 5.26 Å². The van der Waals surface area contributed by atoms with Gasteiger partial charge in [-0.1, -0.05) is 78.9 Å². The molecule has 0 atom stereocenters.